The molecule has 0 bridgehead atoms. The van der Waals surface area contributed by atoms with Crippen molar-refractivity contribution in [3.8, 4) is 48.8 Å². The van der Waals surface area contributed by atoms with Gasteiger partial charge in [-0.05, 0) is 59.3 Å². The van der Waals surface area contributed by atoms with Gasteiger partial charge in [-0.2, -0.15) is 0 Å². The van der Waals surface area contributed by atoms with E-state index in [0.717, 1.165) is 39.0 Å². The summed E-state index contributed by atoms with van der Waals surface area (Å²) in [5.74, 6) is -1.99. The second-order valence-corrected chi connectivity index (χ2v) is 13.8. The van der Waals surface area contributed by atoms with Crippen molar-refractivity contribution in [3.05, 3.63) is 82.6 Å². The molecule has 4 nitrogen and oxygen atoms in total. The van der Waals surface area contributed by atoms with E-state index in [4.69, 9.17) is 0 Å². The molecule has 0 amide bonds. The standard InChI is InChI=1S/C26H14O4S6/c27-25(28)13-11-21(35-23(13)19-7-5-17(33-19)15-3-1-9-31-15)22-12-14(26(29)30)24(36-22)20-8-6-18(34-20)16-4-2-10-32-16/h1-12H,(H,27,28)(H,29,30). The highest BCUT2D eigenvalue weighted by molar-refractivity contribution is 7.30. The number of carboxylic acids is 2. The average Bonchev–Trinajstić information content (AvgIpc) is 3.71. The van der Waals surface area contributed by atoms with Crippen molar-refractivity contribution in [1.82, 2.24) is 0 Å². The van der Waals surface area contributed by atoms with Crippen molar-refractivity contribution in [1.29, 1.82) is 0 Å². The van der Waals surface area contributed by atoms with Crippen LogP contribution in [-0.4, -0.2) is 22.2 Å². The lowest BCUT2D eigenvalue weighted by atomic mass is 10.2. The maximum absolute atomic E-state index is 12.1. The lowest BCUT2D eigenvalue weighted by molar-refractivity contribution is 0.0687. The van der Waals surface area contributed by atoms with Crippen LogP contribution in [0.15, 0.2) is 71.4 Å². The van der Waals surface area contributed by atoms with Gasteiger partial charge in [0, 0.05) is 39.0 Å². The van der Waals surface area contributed by atoms with E-state index in [1.807, 2.05) is 59.3 Å². The summed E-state index contributed by atoms with van der Waals surface area (Å²) >= 11 is 9.21. The third-order valence-corrected chi connectivity index (χ3v) is 12.5. The molecule has 0 unspecified atom stereocenters. The molecule has 0 saturated heterocycles. The minimum atomic E-state index is -0.993. The predicted octanol–water partition coefficient (Wildman–Crippen LogP) is 9.79. The molecule has 6 aromatic rings. The summed E-state index contributed by atoms with van der Waals surface area (Å²) in [7, 11) is 0. The lowest BCUT2D eigenvalue weighted by Gasteiger charge is -1.95. The molecule has 6 aromatic heterocycles. The van der Waals surface area contributed by atoms with Gasteiger partial charge in [0.15, 0.2) is 0 Å². The van der Waals surface area contributed by atoms with Crippen molar-refractivity contribution in [2.45, 2.75) is 0 Å². The summed E-state index contributed by atoms with van der Waals surface area (Å²) in [4.78, 5) is 33.4. The van der Waals surface area contributed by atoms with E-state index in [-0.39, 0.29) is 11.1 Å². The molecule has 0 aliphatic heterocycles. The molecule has 178 valence electrons. The van der Waals surface area contributed by atoms with E-state index in [0.29, 0.717) is 9.75 Å². The Hall–Kier alpha value is -2.86. The fraction of sp³-hybridized carbons (Fsp3) is 0. The van der Waals surface area contributed by atoms with Crippen LogP contribution >= 0.6 is 68.0 Å². The van der Waals surface area contributed by atoms with Crippen LogP contribution in [0.25, 0.3) is 48.8 Å². The highest BCUT2D eigenvalue weighted by atomic mass is 32.1. The van der Waals surface area contributed by atoms with Gasteiger partial charge >= 0.3 is 11.9 Å². The van der Waals surface area contributed by atoms with Crippen LogP contribution in [0.5, 0.6) is 0 Å². The Bertz CT molecular complexity index is 1570. The van der Waals surface area contributed by atoms with Crippen molar-refractivity contribution in [2.75, 3.05) is 0 Å². The summed E-state index contributed by atoms with van der Waals surface area (Å²) in [6.45, 7) is 0. The number of thiophene rings is 6. The van der Waals surface area contributed by atoms with Crippen molar-refractivity contribution in [3.63, 3.8) is 0 Å². The third kappa shape index (κ3) is 4.30. The third-order valence-electron chi connectivity index (χ3n) is 5.36. The molecule has 0 aliphatic carbocycles. The minimum Gasteiger partial charge on any atom is -0.478 e. The van der Waals surface area contributed by atoms with Gasteiger partial charge in [-0.3, -0.25) is 0 Å². The topological polar surface area (TPSA) is 74.6 Å². The Morgan fingerprint density at radius 2 is 0.917 bits per heavy atom. The number of carboxylic acid groups (broad SMARTS) is 2. The molecule has 2 N–H and O–H groups in total. The van der Waals surface area contributed by atoms with E-state index in [1.165, 1.54) is 22.7 Å². The quantitative estimate of drug-likeness (QED) is 0.196. The van der Waals surface area contributed by atoms with Crippen molar-refractivity contribution in [2.24, 2.45) is 0 Å². The van der Waals surface area contributed by atoms with Crippen molar-refractivity contribution >= 4 is 80.0 Å². The first-order chi connectivity index (χ1) is 17.5. The van der Waals surface area contributed by atoms with Gasteiger partial charge in [0.05, 0.1) is 20.9 Å². The Morgan fingerprint density at radius 1 is 0.500 bits per heavy atom. The first kappa shape index (κ1) is 23.5. The Morgan fingerprint density at radius 3 is 1.28 bits per heavy atom. The van der Waals surface area contributed by atoms with Crippen LogP contribution in [0.2, 0.25) is 0 Å². The zero-order valence-corrected chi connectivity index (χ0v) is 23.0. The molecule has 0 fully saturated rings. The highest BCUT2D eigenvalue weighted by Gasteiger charge is 2.24. The summed E-state index contributed by atoms with van der Waals surface area (Å²) < 4.78 is 0. The summed E-state index contributed by atoms with van der Waals surface area (Å²) in [6.07, 6.45) is 0. The molecule has 0 aromatic carbocycles. The van der Waals surface area contributed by atoms with Crippen LogP contribution in [0.4, 0.5) is 0 Å². The normalized spacial score (nSPS) is 11.2. The van der Waals surface area contributed by atoms with Gasteiger partial charge < -0.3 is 10.2 Å². The van der Waals surface area contributed by atoms with Gasteiger partial charge in [0.1, 0.15) is 0 Å². The van der Waals surface area contributed by atoms with E-state index in [9.17, 15) is 19.8 Å². The molecule has 0 aliphatic rings. The van der Waals surface area contributed by atoms with E-state index in [2.05, 4.69) is 0 Å². The maximum atomic E-state index is 12.1. The SMILES string of the molecule is O=C(O)c1cc(-c2cc(C(=O)O)c(-c3ccc(-c4cccs4)s3)s2)sc1-c1ccc(-c2cccs2)s1. The number of hydrogen-bond donors (Lipinski definition) is 2. The molecule has 0 spiro atoms. The Kier molecular flexibility index (Phi) is 6.24. The molecule has 0 saturated carbocycles. The second-order valence-electron chi connectivity index (χ2n) is 7.60. The molecular weight excluding hydrogens is 569 g/mol. The van der Waals surface area contributed by atoms with Crippen LogP contribution in [0, 0.1) is 0 Å². The van der Waals surface area contributed by atoms with Gasteiger partial charge in [-0.15, -0.1) is 68.0 Å². The molecular formula is C26H14O4S6. The lowest BCUT2D eigenvalue weighted by Crippen LogP contribution is -1.94. The minimum absolute atomic E-state index is 0.234. The van der Waals surface area contributed by atoms with Gasteiger partial charge in [-0.1, -0.05) is 12.1 Å². The van der Waals surface area contributed by atoms with Gasteiger partial charge in [0.25, 0.3) is 0 Å². The Balaban J connectivity index is 1.41. The molecule has 6 heterocycles. The monoisotopic (exact) mass is 582 g/mol. The predicted molar refractivity (Wildman–Crippen MR) is 155 cm³/mol. The maximum Gasteiger partial charge on any atom is 0.337 e. The van der Waals surface area contributed by atoms with Gasteiger partial charge in [-0.25, -0.2) is 9.59 Å². The second kappa shape index (κ2) is 9.55. The van der Waals surface area contributed by atoms with E-state index >= 15 is 0 Å². The van der Waals surface area contributed by atoms with Crippen molar-refractivity contribution < 1.29 is 19.8 Å². The molecule has 0 radical (unpaired) electrons. The zero-order chi connectivity index (χ0) is 24.8. The van der Waals surface area contributed by atoms with E-state index < -0.39 is 11.9 Å². The van der Waals surface area contributed by atoms with Crippen LogP contribution in [0.3, 0.4) is 0 Å². The largest absolute Gasteiger partial charge is 0.478 e. The highest BCUT2D eigenvalue weighted by Crippen LogP contribution is 2.48. The smallest absolute Gasteiger partial charge is 0.337 e. The molecule has 6 rings (SSSR count). The number of rotatable bonds is 7. The Labute approximate surface area is 229 Å². The first-order valence-corrected chi connectivity index (χ1v) is 15.5. The average molecular weight is 583 g/mol. The summed E-state index contributed by atoms with van der Waals surface area (Å²) in [5, 5.41) is 23.9. The zero-order valence-electron chi connectivity index (χ0n) is 18.1. The first-order valence-electron chi connectivity index (χ1n) is 10.5. The summed E-state index contributed by atoms with van der Waals surface area (Å²) in [5.41, 5.74) is 0.468. The number of aromatic carboxylic acids is 2. The van der Waals surface area contributed by atoms with Crippen LogP contribution in [-0.2, 0) is 0 Å². The fourth-order valence-corrected chi connectivity index (χ4v) is 10.0. The van der Waals surface area contributed by atoms with Crippen LogP contribution in [0.1, 0.15) is 20.7 Å². The number of carbonyl (C=O) groups is 2. The fourth-order valence-electron chi connectivity index (χ4n) is 3.73. The molecule has 10 heteroatoms. The van der Waals surface area contributed by atoms with E-state index in [1.54, 1.807) is 57.5 Å². The summed E-state index contributed by atoms with van der Waals surface area (Å²) in [6, 6.07) is 19.4. The molecule has 36 heavy (non-hydrogen) atoms. The van der Waals surface area contributed by atoms with Crippen LogP contribution < -0.4 is 0 Å². The molecule has 0 atom stereocenters. The number of hydrogen-bond acceptors (Lipinski definition) is 8. The van der Waals surface area contributed by atoms with Gasteiger partial charge in [0.2, 0.25) is 0 Å².